The second-order valence-corrected chi connectivity index (χ2v) is 3.88. The fraction of sp³-hybridized carbons (Fsp3) is 0.200. The fourth-order valence-electron chi connectivity index (χ4n) is 1.43. The molecule has 1 aromatic rings. The van der Waals surface area contributed by atoms with E-state index in [9.17, 15) is 9.59 Å². The summed E-state index contributed by atoms with van der Waals surface area (Å²) in [7, 11) is 0. The largest absolute Gasteiger partial charge is 0.462 e. The molecule has 4 nitrogen and oxygen atoms in total. The number of carbonyl (C=O) groups is 2. The summed E-state index contributed by atoms with van der Waals surface area (Å²) < 4.78 is 4.86. The van der Waals surface area contributed by atoms with Crippen molar-refractivity contribution in [2.45, 2.75) is 13.8 Å². The summed E-state index contributed by atoms with van der Waals surface area (Å²) >= 11 is 0. The van der Waals surface area contributed by atoms with Crippen molar-refractivity contribution < 1.29 is 14.3 Å². The maximum absolute atomic E-state index is 11.8. The van der Waals surface area contributed by atoms with Crippen molar-refractivity contribution in [2.24, 2.45) is 5.73 Å². The molecule has 0 spiro atoms. The number of hydrogen-bond acceptors (Lipinski definition) is 4. The van der Waals surface area contributed by atoms with Crippen molar-refractivity contribution in [3.05, 3.63) is 59.3 Å². The topological polar surface area (TPSA) is 69.4 Å². The Morgan fingerprint density at radius 2 is 1.84 bits per heavy atom. The minimum Gasteiger partial charge on any atom is -0.462 e. The highest BCUT2D eigenvalue weighted by Gasteiger charge is 2.10. The second kappa shape index (κ2) is 7.16. The third-order valence-electron chi connectivity index (χ3n) is 2.38. The van der Waals surface area contributed by atoms with Crippen LogP contribution in [0.4, 0.5) is 0 Å². The number of allylic oxidation sites excluding steroid dienone is 2. The first-order valence-corrected chi connectivity index (χ1v) is 5.97. The van der Waals surface area contributed by atoms with Gasteiger partial charge < -0.3 is 10.5 Å². The van der Waals surface area contributed by atoms with Crippen molar-refractivity contribution in [1.82, 2.24) is 0 Å². The molecule has 0 heterocycles. The second-order valence-electron chi connectivity index (χ2n) is 3.88. The van der Waals surface area contributed by atoms with Gasteiger partial charge in [-0.1, -0.05) is 30.3 Å². The number of esters is 1. The molecule has 4 heteroatoms. The van der Waals surface area contributed by atoms with Crippen LogP contribution >= 0.6 is 0 Å². The van der Waals surface area contributed by atoms with E-state index in [2.05, 4.69) is 0 Å². The van der Waals surface area contributed by atoms with Crippen LogP contribution in [0.3, 0.4) is 0 Å². The molecule has 19 heavy (non-hydrogen) atoms. The number of benzene rings is 1. The molecule has 1 aromatic carbocycles. The number of ketones is 1. The molecule has 0 aliphatic carbocycles. The Bertz CT molecular complexity index is 511. The van der Waals surface area contributed by atoms with Crippen LogP contribution in [0.25, 0.3) is 0 Å². The molecular formula is C15H17NO3. The standard InChI is InChI=1S/C15H17NO3/c1-3-19-15(18)13(11(2)16)9-10-14(17)12-7-5-4-6-8-12/h4-10H,3,16H2,1-2H3/b10-9+,13-11-. The number of carbonyl (C=O) groups excluding carboxylic acids is 2. The van der Waals surface area contributed by atoms with Crippen LogP contribution in [-0.4, -0.2) is 18.4 Å². The summed E-state index contributed by atoms with van der Waals surface area (Å²) in [6.07, 6.45) is 2.71. The first-order valence-electron chi connectivity index (χ1n) is 5.97. The van der Waals surface area contributed by atoms with E-state index in [4.69, 9.17) is 10.5 Å². The lowest BCUT2D eigenvalue weighted by Crippen LogP contribution is -2.11. The number of ether oxygens (including phenoxy) is 1. The summed E-state index contributed by atoms with van der Waals surface area (Å²) in [4.78, 5) is 23.5. The molecule has 0 fully saturated rings. The molecule has 0 saturated carbocycles. The van der Waals surface area contributed by atoms with Crippen LogP contribution in [0, 0.1) is 0 Å². The molecule has 0 amide bonds. The van der Waals surface area contributed by atoms with E-state index in [-0.39, 0.29) is 18.0 Å². The van der Waals surface area contributed by atoms with Gasteiger partial charge in [-0.05, 0) is 26.0 Å². The van der Waals surface area contributed by atoms with Crippen molar-refractivity contribution in [2.75, 3.05) is 6.61 Å². The minimum atomic E-state index is -0.528. The van der Waals surface area contributed by atoms with Crippen LogP contribution in [-0.2, 0) is 9.53 Å². The van der Waals surface area contributed by atoms with E-state index in [1.807, 2.05) is 6.07 Å². The van der Waals surface area contributed by atoms with E-state index >= 15 is 0 Å². The first kappa shape index (κ1) is 14.7. The zero-order valence-electron chi connectivity index (χ0n) is 11.1. The Morgan fingerprint density at radius 1 is 1.21 bits per heavy atom. The smallest absolute Gasteiger partial charge is 0.339 e. The lowest BCUT2D eigenvalue weighted by Gasteiger charge is -2.04. The van der Waals surface area contributed by atoms with E-state index < -0.39 is 5.97 Å². The highest BCUT2D eigenvalue weighted by molar-refractivity contribution is 6.06. The Morgan fingerprint density at radius 3 is 2.37 bits per heavy atom. The maximum Gasteiger partial charge on any atom is 0.339 e. The molecule has 1 rings (SSSR count). The summed E-state index contributed by atoms with van der Waals surface area (Å²) in [5.74, 6) is -0.719. The molecule has 0 unspecified atom stereocenters. The first-order chi connectivity index (χ1) is 9.06. The molecule has 0 atom stereocenters. The lowest BCUT2D eigenvalue weighted by molar-refractivity contribution is -0.138. The summed E-state index contributed by atoms with van der Waals surface area (Å²) in [6, 6.07) is 8.79. The Labute approximate surface area is 112 Å². The van der Waals surface area contributed by atoms with Gasteiger partial charge in [-0.2, -0.15) is 0 Å². The quantitative estimate of drug-likeness (QED) is 0.381. The summed E-state index contributed by atoms with van der Waals surface area (Å²) in [5, 5.41) is 0. The number of rotatable bonds is 5. The zero-order chi connectivity index (χ0) is 14.3. The maximum atomic E-state index is 11.8. The normalized spacial score (nSPS) is 12.1. The Kier molecular flexibility index (Phi) is 5.54. The van der Waals surface area contributed by atoms with Gasteiger partial charge in [0.2, 0.25) is 0 Å². The molecule has 0 aliphatic rings. The third kappa shape index (κ3) is 4.43. The molecule has 0 radical (unpaired) electrons. The number of hydrogen-bond donors (Lipinski definition) is 1. The molecule has 0 aliphatic heterocycles. The molecule has 0 bridgehead atoms. The SMILES string of the molecule is CCOC(=O)C(/C=C/C(=O)c1ccccc1)=C(/C)N. The molecule has 2 N–H and O–H groups in total. The van der Waals surface area contributed by atoms with Crippen LogP contribution in [0.5, 0.6) is 0 Å². The van der Waals surface area contributed by atoms with Crippen LogP contribution in [0.2, 0.25) is 0 Å². The summed E-state index contributed by atoms with van der Waals surface area (Å²) in [6.45, 7) is 3.56. The minimum absolute atomic E-state index is 0.191. The monoisotopic (exact) mass is 259 g/mol. The average molecular weight is 259 g/mol. The Hall–Kier alpha value is -2.36. The predicted octanol–water partition coefficient (Wildman–Crippen LogP) is 2.22. The van der Waals surface area contributed by atoms with E-state index in [1.54, 1.807) is 38.1 Å². The number of nitrogens with two attached hydrogens (primary N) is 1. The third-order valence-corrected chi connectivity index (χ3v) is 2.38. The fourth-order valence-corrected chi connectivity index (χ4v) is 1.43. The van der Waals surface area contributed by atoms with E-state index in [1.165, 1.54) is 12.2 Å². The predicted molar refractivity (Wildman–Crippen MR) is 73.4 cm³/mol. The van der Waals surface area contributed by atoms with E-state index in [0.29, 0.717) is 11.3 Å². The van der Waals surface area contributed by atoms with Crippen LogP contribution in [0.15, 0.2) is 53.8 Å². The van der Waals surface area contributed by atoms with Gasteiger partial charge in [0.25, 0.3) is 0 Å². The molecule has 0 saturated heterocycles. The van der Waals surface area contributed by atoms with Crippen LogP contribution in [0.1, 0.15) is 24.2 Å². The van der Waals surface area contributed by atoms with Crippen molar-refractivity contribution in [3.63, 3.8) is 0 Å². The molecule has 100 valence electrons. The zero-order valence-corrected chi connectivity index (χ0v) is 11.1. The molecule has 0 aromatic heterocycles. The van der Waals surface area contributed by atoms with Gasteiger partial charge in [0, 0.05) is 11.3 Å². The van der Waals surface area contributed by atoms with E-state index in [0.717, 1.165) is 0 Å². The summed E-state index contributed by atoms with van der Waals surface area (Å²) in [5.41, 5.74) is 6.68. The average Bonchev–Trinajstić information content (AvgIpc) is 2.39. The van der Waals surface area contributed by atoms with Gasteiger partial charge in [-0.25, -0.2) is 4.79 Å². The lowest BCUT2D eigenvalue weighted by atomic mass is 10.1. The van der Waals surface area contributed by atoms with Gasteiger partial charge >= 0.3 is 5.97 Å². The van der Waals surface area contributed by atoms with Gasteiger partial charge in [0.05, 0.1) is 12.2 Å². The Balaban J connectivity index is 2.87. The van der Waals surface area contributed by atoms with Gasteiger partial charge in [0.1, 0.15) is 0 Å². The van der Waals surface area contributed by atoms with Crippen LogP contribution < -0.4 is 5.73 Å². The van der Waals surface area contributed by atoms with Gasteiger partial charge in [0.15, 0.2) is 5.78 Å². The highest BCUT2D eigenvalue weighted by atomic mass is 16.5. The van der Waals surface area contributed by atoms with Gasteiger partial charge in [-0.3, -0.25) is 4.79 Å². The van der Waals surface area contributed by atoms with Crippen molar-refractivity contribution >= 4 is 11.8 Å². The molecular weight excluding hydrogens is 242 g/mol. The van der Waals surface area contributed by atoms with Crippen molar-refractivity contribution in [1.29, 1.82) is 0 Å². The highest BCUT2D eigenvalue weighted by Crippen LogP contribution is 2.07. The van der Waals surface area contributed by atoms with Gasteiger partial charge in [-0.15, -0.1) is 0 Å². The van der Waals surface area contributed by atoms with Crippen molar-refractivity contribution in [3.8, 4) is 0 Å².